The molecule has 0 aliphatic rings. The van der Waals surface area contributed by atoms with Crippen LogP contribution in [0.4, 0.5) is 11.4 Å². The van der Waals surface area contributed by atoms with Gasteiger partial charge in [-0.25, -0.2) is 4.79 Å². The lowest BCUT2D eigenvalue weighted by Gasteiger charge is -2.11. The van der Waals surface area contributed by atoms with Gasteiger partial charge in [-0.2, -0.15) is 5.10 Å². The van der Waals surface area contributed by atoms with Crippen LogP contribution in [-0.4, -0.2) is 45.7 Å². The smallest absolute Gasteiger partial charge is 0.323 e. The van der Waals surface area contributed by atoms with Crippen LogP contribution in [0.3, 0.4) is 0 Å². The number of ketones is 1. The fourth-order valence-electron chi connectivity index (χ4n) is 2.55. The lowest BCUT2D eigenvalue weighted by molar-refractivity contribution is -0.114. The number of rotatable bonds is 8. The van der Waals surface area contributed by atoms with E-state index in [2.05, 4.69) is 25.8 Å². The van der Waals surface area contributed by atoms with Crippen LogP contribution in [0.25, 0.3) is 11.0 Å². The lowest BCUT2D eigenvalue weighted by atomic mass is 10.2. The van der Waals surface area contributed by atoms with Gasteiger partial charge in [0.25, 0.3) is 5.91 Å². The van der Waals surface area contributed by atoms with E-state index in [4.69, 9.17) is 9.84 Å². The molecule has 5 N–H and O–H groups in total. The zero-order chi connectivity index (χ0) is 20.8. The van der Waals surface area contributed by atoms with E-state index >= 15 is 0 Å². The first kappa shape index (κ1) is 19.8. The average molecular weight is 397 g/mol. The average Bonchev–Trinajstić information content (AvgIpc) is 3.06. The number of anilines is 2. The summed E-state index contributed by atoms with van der Waals surface area (Å²) in [5.41, 5.74) is 3.87. The van der Waals surface area contributed by atoms with Crippen LogP contribution in [0, 0.1) is 0 Å². The van der Waals surface area contributed by atoms with Gasteiger partial charge in [-0.15, -0.1) is 0 Å². The number of aliphatic hydroxyl groups excluding tert-OH is 1. The summed E-state index contributed by atoms with van der Waals surface area (Å²) in [6.07, 6.45) is 0. The highest BCUT2D eigenvalue weighted by Crippen LogP contribution is 2.23. The van der Waals surface area contributed by atoms with Gasteiger partial charge in [0.1, 0.15) is 12.4 Å². The Balaban J connectivity index is 1.78. The molecular formula is C19H19N5O5. The lowest BCUT2D eigenvalue weighted by Crippen LogP contribution is -2.29. The molecule has 3 rings (SSSR count). The molecular weight excluding hydrogens is 378 g/mol. The highest BCUT2D eigenvalue weighted by molar-refractivity contribution is 6.67. The minimum atomic E-state index is -0.712. The number of hydrazone groups is 1. The first-order valence-corrected chi connectivity index (χ1v) is 8.68. The monoisotopic (exact) mass is 397 g/mol. The Morgan fingerprint density at radius 2 is 1.90 bits per heavy atom. The number of aromatic amines is 2. The van der Waals surface area contributed by atoms with E-state index in [-0.39, 0.29) is 24.6 Å². The molecule has 0 spiro atoms. The highest BCUT2D eigenvalue weighted by atomic mass is 16.5. The molecule has 0 saturated carbocycles. The fraction of sp³-hybridized carbons (Fsp3) is 0.158. The molecule has 10 heteroatoms. The Bertz CT molecular complexity index is 1130. The van der Waals surface area contributed by atoms with Crippen molar-refractivity contribution in [2.24, 2.45) is 5.10 Å². The number of benzene rings is 2. The molecule has 0 bridgehead atoms. The van der Waals surface area contributed by atoms with E-state index in [0.29, 0.717) is 28.2 Å². The molecule has 0 aliphatic heterocycles. The van der Waals surface area contributed by atoms with Crippen LogP contribution in [0.5, 0.6) is 5.75 Å². The van der Waals surface area contributed by atoms with Gasteiger partial charge in [0.2, 0.25) is 0 Å². The van der Waals surface area contributed by atoms with E-state index in [0.717, 1.165) is 0 Å². The first-order chi connectivity index (χ1) is 14.0. The molecule has 0 saturated heterocycles. The number of imidazole rings is 1. The molecule has 2 aromatic carbocycles. The van der Waals surface area contributed by atoms with Crippen molar-refractivity contribution in [2.75, 3.05) is 24.0 Å². The van der Waals surface area contributed by atoms with Crippen LogP contribution in [0.1, 0.15) is 6.92 Å². The summed E-state index contributed by atoms with van der Waals surface area (Å²) in [7, 11) is 0. The number of amides is 1. The molecule has 0 fully saturated rings. The van der Waals surface area contributed by atoms with Crippen LogP contribution in [0.2, 0.25) is 0 Å². The molecule has 10 nitrogen and oxygen atoms in total. The number of H-pyrrole nitrogens is 2. The van der Waals surface area contributed by atoms with Crippen molar-refractivity contribution in [2.45, 2.75) is 6.92 Å². The van der Waals surface area contributed by atoms with Crippen molar-refractivity contribution < 1.29 is 19.4 Å². The normalized spacial score (nSPS) is 11.3. The minimum absolute atomic E-state index is 0.0895. The number of carbonyl (C=O) groups excluding carboxylic acids is 2. The number of aromatic nitrogens is 2. The molecule has 1 amide bonds. The molecule has 0 radical (unpaired) electrons. The molecule has 150 valence electrons. The Kier molecular flexibility index (Phi) is 6.05. The van der Waals surface area contributed by atoms with Crippen molar-refractivity contribution in [3.63, 3.8) is 0 Å². The second-order valence-electron chi connectivity index (χ2n) is 5.99. The summed E-state index contributed by atoms with van der Waals surface area (Å²) in [5.74, 6) is -0.841. The standard InChI is InChI=1S/C19H19N5O5/c1-11(26)17(24-23-14-4-2-3-5-16(14)29-9-8-25)18(27)20-12-6-7-13-15(10-12)22-19(28)21-13/h2-7,10,23,25H,8-9H2,1H3,(H,20,27)(H2,21,22,28)/b24-17+. The van der Waals surface area contributed by atoms with E-state index in [9.17, 15) is 14.4 Å². The summed E-state index contributed by atoms with van der Waals surface area (Å²) in [6.45, 7) is 1.16. The van der Waals surface area contributed by atoms with E-state index in [1.165, 1.54) is 6.92 Å². The zero-order valence-corrected chi connectivity index (χ0v) is 15.5. The van der Waals surface area contributed by atoms with Crippen molar-refractivity contribution in [1.29, 1.82) is 0 Å². The number of para-hydroxylation sites is 2. The van der Waals surface area contributed by atoms with Gasteiger partial charge in [-0.1, -0.05) is 12.1 Å². The topological polar surface area (TPSA) is 149 Å². The van der Waals surface area contributed by atoms with Gasteiger partial charge in [-0.05, 0) is 30.3 Å². The van der Waals surface area contributed by atoms with Crippen LogP contribution in [-0.2, 0) is 9.59 Å². The molecule has 3 aromatic rings. The number of hydrogen-bond acceptors (Lipinski definition) is 7. The molecule has 0 atom stereocenters. The second-order valence-corrected chi connectivity index (χ2v) is 5.99. The van der Waals surface area contributed by atoms with Crippen molar-refractivity contribution >= 4 is 39.8 Å². The molecule has 0 unspecified atom stereocenters. The maximum atomic E-state index is 12.5. The summed E-state index contributed by atoms with van der Waals surface area (Å²) >= 11 is 0. The second kappa shape index (κ2) is 8.85. The summed E-state index contributed by atoms with van der Waals surface area (Å²) in [5, 5.41) is 15.4. The highest BCUT2D eigenvalue weighted by Gasteiger charge is 2.18. The SMILES string of the molecule is CC(=O)/C(=N\Nc1ccccc1OCCO)C(=O)Nc1ccc2[nH]c(=O)[nH]c2c1. The summed E-state index contributed by atoms with van der Waals surface area (Å²) in [4.78, 5) is 41.0. The van der Waals surface area contributed by atoms with Gasteiger partial charge >= 0.3 is 5.69 Å². The Morgan fingerprint density at radius 3 is 2.66 bits per heavy atom. The van der Waals surface area contributed by atoms with E-state index in [1.54, 1.807) is 42.5 Å². The van der Waals surface area contributed by atoms with Gasteiger partial charge in [0, 0.05) is 12.6 Å². The summed E-state index contributed by atoms with van der Waals surface area (Å²) < 4.78 is 5.38. The van der Waals surface area contributed by atoms with Gasteiger partial charge < -0.3 is 25.1 Å². The summed E-state index contributed by atoms with van der Waals surface area (Å²) in [6, 6.07) is 11.6. The van der Waals surface area contributed by atoms with Crippen molar-refractivity contribution in [1.82, 2.24) is 9.97 Å². The molecule has 1 heterocycles. The third-order valence-electron chi connectivity index (χ3n) is 3.85. The maximum absolute atomic E-state index is 12.5. The largest absolute Gasteiger partial charge is 0.489 e. The van der Waals surface area contributed by atoms with Crippen molar-refractivity contribution in [3.05, 3.63) is 52.9 Å². The Morgan fingerprint density at radius 1 is 1.14 bits per heavy atom. The van der Waals surface area contributed by atoms with E-state index < -0.39 is 11.7 Å². The number of hydrogen-bond donors (Lipinski definition) is 5. The molecule has 29 heavy (non-hydrogen) atoms. The van der Waals surface area contributed by atoms with Crippen LogP contribution >= 0.6 is 0 Å². The number of nitrogens with zero attached hydrogens (tertiary/aromatic N) is 1. The predicted octanol–water partition coefficient (Wildman–Crippen LogP) is 1.22. The van der Waals surface area contributed by atoms with Gasteiger partial charge in [0.05, 0.1) is 23.3 Å². The molecule has 0 aliphatic carbocycles. The minimum Gasteiger partial charge on any atom is -0.489 e. The third-order valence-corrected chi connectivity index (χ3v) is 3.85. The molecule has 1 aromatic heterocycles. The van der Waals surface area contributed by atoms with Crippen LogP contribution in [0.15, 0.2) is 52.4 Å². The Hall–Kier alpha value is -3.92. The third kappa shape index (κ3) is 4.87. The maximum Gasteiger partial charge on any atom is 0.323 e. The zero-order valence-electron chi connectivity index (χ0n) is 15.5. The number of fused-ring (bicyclic) bond motifs is 1. The number of nitrogens with one attached hydrogen (secondary N) is 4. The van der Waals surface area contributed by atoms with Gasteiger partial charge in [-0.3, -0.25) is 15.0 Å². The Labute approximate surface area is 164 Å². The van der Waals surface area contributed by atoms with Gasteiger partial charge in [0.15, 0.2) is 11.5 Å². The predicted molar refractivity (Wildman–Crippen MR) is 108 cm³/mol. The first-order valence-electron chi connectivity index (χ1n) is 8.68. The fourth-order valence-corrected chi connectivity index (χ4v) is 2.55. The number of ether oxygens (including phenoxy) is 1. The number of aliphatic hydroxyl groups is 1. The van der Waals surface area contributed by atoms with Crippen molar-refractivity contribution in [3.8, 4) is 5.75 Å². The number of Topliss-reactive ketones (excluding diaryl/α,β-unsaturated/α-hetero) is 1. The van der Waals surface area contributed by atoms with Crippen LogP contribution < -0.4 is 21.2 Å². The quantitative estimate of drug-likeness (QED) is 0.219. The number of carbonyl (C=O) groups is 2. The van der Waals surface area contributed by atoms with E-state index in [1.807, 2.05) is 0 Å².